The van der Waals surface area contributed by atoms with Gasteiger partial charge in [0.1, 0.15) is 4.21 Å². The third-order valence-corrected chi connectivity index (χ3v) is 8.91. The molecule has 2 aromatic rings. The molecule has 27 heavy (non-hydrogen) atoms. The van der Waals surface area contributed by atoms with Crippen LogP contribution in [0.5, 0.6) is 0 Å². The van der Waals surface area contributed by atoms with Crippen molar-refractivity contribution < 1.29 is 13.2 Å². The van der Waals surface area contributed by atoms with E-state index in [0.29, 0.717) is 36.7 Å². The van der Waals surface area contributed by atoms with E-state index in [-0.39, 0.29) is 17.9 Å². The highest BCUT2D eigenvalue weighted by atomic mass is 32.2. The number of rotatable bonds is 7. The molecule has 1 saturated heterocycles. The van der Waals surface area contributed by atoms with Crippen LogP contribution in [-0.2, 0) is 14.8 Å². The van der Waals surface area contributed by atoms with Crippen LogP contribution in [0.25, 0.3) is 0 Å². The lowest BCUT2D eigenvalue weighted by molar-refractivity contribution is -0.126. The van der Waals surface area contributed by atoms with Crippen LogP contribution in [0.2, 0.25) is 0 Å². The molecule has 1 amide bonds. The summed E-state index contributed by atoms with van der Waals surface area (Å²) >= 11 is 2.88. The van der Waals surface area contributed by atoms with Crippen molar-refractivity contribution in [1.29, 1.82) is 0 Å². The molecule has 0 aromatic carbocycles. The average molecular weight is 428 g/mol. The Labute approximate surface area is 168 Å². The number of amides is 1. The third kappa shape index (κ3) is 4.78. The van der Waals surface area contributed by atoms with E-state index < -0.39 is 10.0 Å². The van der Waals surface area contributed by atoms with E-state index in [1.165, 1.54) is 21.2 Å². The molecular weight excluding hydrogens is 402 g/mol. The van der Waals surface area contributed by atoms with E-state index in [9.17, 15) is 13.2 Å². The predicted octanol–water partition coefficient (Wildman–Crippen LogP) is 2.63. The van der Waals surface area contributed by atoms with E-state index in [1.807, 2.05) is 19.5 Å². The summed E-state index contributed by atoms with van der Waals surface area (Å²) in [6.07, 6.45) is 1.11. The number of carbonyl (C=O) groups excluding carboxylic acids is 1. The van der Waals surface area contributed by atoms with Crippen molar-refractivity contribution in [2.75, 3.05) is 33.7 Å². The first-order chi connectivity index (χ1) is 12.9. The zero-order chi connectivity index (χ0) is 19.4. The molecule has 0 aliphatic carbocycles. The smallest absolute Gasteiger partial charge is 0.252 e. The van der Waals surface area contributed by atoms with Crippen LogP contribution in [0, 0.1) is 5.92 Å². The highest BCUT2D eigenvalue weighted by Crippen LogP contribution is 2.26. The maximum absolute atomic E-state index is 12.6. The van der Waals surface area contributed by atoms with Crippen LogP contribution >= 0.6 is 22.7 Å². The monoisotopic (exact) mass is 427 g/mol. The number of nitrogens with zero attached hydrogens (tertiary/aromatic N) is 2. The zero-order valence-corrected chi connectivity index (χ0v) is 17.9. The molecule has 9 heteroatoms. The summed E-state index contributed by atoms with van der Waals surface area (Å²) in [6, 6.07) is 5.59. The second-order valence-electron chi connectivity index (χ2n) is 6.89. The van der Waals surface area contributed by atoms with Crippen molar-refractivity contribution in [3.8, 4) is 0 Å². The summed E-state index contributed by atoms with van der Waals surface area (Å²) in [5.74, 6) is -0.115. The fourth-order valence-corrected chi connectivity index (χ4v) is 6.62. The Kier molecular flexibility index (Phi) is 6.69. The predicted molar refractivity (Wildman–Crippen MR) is 110 cm³/mol. The van der Waals surface area contributed by atoms with E-state index in [1.54, 1.807) is 28.8 Å². The van der Waals surface area contributed by atoms with Crippen LogP contribution in [-0.4, -0.2) is 57.3 Å². The Morgan fingerprint density at radius 3 is 2.59 bits per heavy atom. The first kappa shape index (κ1) is 20.5. The molecule has 6 nitrogen and oxygen atoms in total. The van der Waals surface area contributed by atoms with E-state index in [2.05, 4.69) is 21.7 Å². The first-order valence-corrected chi connectivity index (χ1v) is 12.2. The van der Waals surface area contributed by atoms with Crippen molar-refractivity contribution >= 4 is 38.6 Å². The molecule has 3 heterocycles. The Hall–Kier alpha value is -1.26. The molecule has 148 valence electrons. The minimum absolute atomic E-state index is 0.0188. The molecule has 1 aliphatic rings. The fraction of sp³-hybridized carbons (Fsp3) is 0.500. The van der Waals surface area contributed by atoms with Crippen molar-refractivity contribution in [1.82, 2.24) is 14.5 Å². The highest BCUT2D eigenvalue weighted by Gasteiger charge is 2.32. The van der Waals surface area contributed by atoms with Gasteiger partial charge >= 0.3 is 0 Å². The number of carbonyl (C=O) groups is 1. The topological polar surface area (TPSA) is 69.7 Å². The number of nitrogens with one attached hydrogen (secondary N) is 1. The minimum atomic E-state index is -3.42. The Balaban J connectivity index is 1.53. The van der Waals surface area contributed by atoms with Gasteiger partial charge in [-0.15, -0.1) is 11.3 Å². The van der Waals surface area contributed by atoms with Gasteiger partial charge in [-0.25, -0.2) is 8.42 Å². The summed E-state index contributed by atoms with van der Waals surface area (Å²) in [7, 11) is 0.585. The van der Waals surface area contributed by atoms with Gasteiger partial charge in [-0.1, -0.05) is 6.07 Å². The molecule has 0 radical (unpaired) electrons. The zero-order valence-electron chi connectivity index (χ0n) is 15.5. The lowest BCUT2D eigenvalue weighted by Crippen LogP contribution is -2.44. The summed E-state index contributed by atoms with van der Waals surface area (Å²) < 4.78 is 27.0. The van der Waals surface area contributed by atoms with Crippen LogP contribution in [0.15, 0.2) is 38.5 Å². The molecular formula is C18H25N3O3S3. The summed E-state index contributed by atoms with van der Waals surface area (Å²) in [4.78, 5) is 14.7. The molecule has 1 aliphatic heterocycles. The molecule has 1 N–H and O–H groups in total. The highest BCUT2D eigenvalue weighted by molar-refractivity contribution is 7.91. The first-order valence-electron chi connectivity index (χ1n) is 8.89. The second kappa shape index (κ2) is 8.83. The fourth-order valence-electron chi connectivity index (χ4n) is 3.30. The van der Waals surface area contributed by atoms with Crippen LogP contribution in [0.1, 0.15) is 24.4 Å². The summed E-state index contributed by atoms with van der Waals surface area (Å²) in [5.41, 5.74) is 1.20. The van der Waals surface area contributed by atoms with Crippen LogP contribution < -0.4 is 5.32 Å². The van der Waals surface area contributed by atoms with Crippen LogP contribution in [0.4, 0.5) is 0 Å². The number of hydrogen-bond acceptors (Lipinski definition) is 6. The minimum Gasteiger partial charge on any atom is -0.354 e. The van der Waals surface area contributed by atoms with Gasteiger partial charge in [-0.05, 0) is 60.8 Å². The molecule has 2 aromatic heterocycles. The number of piperidine rings is 1. The van der Waals surface area contributed by atoms with E-state index in [4.69, 9.17) is 0 Å². The molecule has 0 spiro atoms. The van der Waals surface area contributed by atoms with Crippen molar-refractivity contribution in [3.63, 3.8) is 0 Å². The summed E-state index contributed by atoms with van der Waals surface area (Å²) in [6.45, 7) is 1.33. The number of hydrogen-bond donors (Lipinski definition) is 1. The average Bonchev–Trinajstić information content (AvgIpc) is 3.36. The maximum atomic E-state index is 12.6. The SMILES string of the molecule is CN(C)[C@@H](CNC(=O)C1CCN(S(=O)(=O)c2cccs2)CC1)c1ccsc1. The third-order valence-electron chi connectivity index (χ3n) is 4.93. The van der Waals surface area contributed by atoms with Gasteiger partial charge in [0.25, 0.3) is 10.0 Å². The largest absolute Gasteiger partial charge is 0.354 e. The lowest BCUT2D eigenvalue weighted by Gasteiger charge is -2.31. The molecule has 3 rings (SSSR count). The maximum Gasteiger partial charge on any atom is 0.252 e. The van der Waals surface area contributed by atoms with Gasteiger partial charge < -0.3 is 10.2 Å². The van der Waals surface area contributed by atoms with Gasteiger partial charge in [0.05, 0.1) is 6.04 Å². The number of thiophene rings is 2. The Morgan fingerprint density at radius 2 is 2.04 bits per heavy atom. The summed E-state index contributed by atoms with van der Waals surface area (Å²) in [5, 5.41) is 8.97. The number of likely N-dealkylation sites (N-methyl/N-ethyl adjacent to an activating group) is 1. The molecule has 0 saturated carbocycles. The molecule has 1 atom stereocenters. The molecule has 0 unspecified atom stereocenters. The van der Waals surface area contributed by atoms with Crippen molar-refractivity contribution in [2.24, 2.45) is 5.92 Å². The van der Waals surface area contributed by atoms with E-state index >= 15 is 0 Å². The van der Waals surface area contributed by atoms with Gasteiger partial charge in [0.2, 0.25) is 5.91 Å². The Morgan fingerprint density at radius 1 is 1.30 bits per heavy atom. The lowest BCUT2D eigenvalue weighted by atomic mass is 9.97. The van der Waals surface area contributed by atoms with Gasteiger partial charge in [0, 0.05) is 25.6 Å². The molecule has 0 bridgehead atoms. The Bertz CT molecular complexity index is 825. The van der Waals surface area contributed by atoms with Crippen molar-refractivity contribution in [3.05, 3.63) is 39.9 Å². The van der Waals surface area contributed by atoms with Gasteiger partial charge in [0.15, 0.2) is 0 Å². The van der Waals surface area contributed by atoms with Gasteiger partial charge in [-0.3, -0.25) is 4.79 Å². The standard InChI is InChI=1S/C18H25N3O3S3/c1-20(2)16(15-7-11-25-13-15)12-19-18(22)14-5-8-21(9-6-14)27(23,24)17-4-3-10-26-17/h3-4,7,10-11,13-14,16H,5-6,8-9,12H2,1-2H3,(H,19,22)/t16-/m0/s1. The van der Waals surface area contributed by atoms with Crippen LogP contribution in [0.3, 0.4) is 0 Å². The van der Waals surface area contributed by atoms with Gasteiger partial charge in [-0.2, -0.15) is 15.6 Å². The van der Waals surface area contributed by atoms with Crippen molar-refractivity contribution in [2.45, 2.75) is 23.1 Å². The molecule has 1 fully saturated rings. The number of sulfonamides is 1. The normalized spacial score (nSPS) is 17.9. The van der Waals surface area contributed by atoms with E-state index in [0.717, 1.165) is 0 Å². The quantitative estimate of drug-likeness (QED) is 0.738. The second-order valence-corrected chi connectivity index (χ2v) is 10.8.